The van der Waals surface area contributed by atoms with Gasteiger partial charge in [-0.25, -0.2) is 4.79 Å². The lowest BCUT2D eigenvalue weighted by atomic mass is 9.74. The molecule has 0 spiro atoms. The van der Waals surface area contributed by atoms with Crippen molar-refractivity contribution in [2.24, 2.45) is 5.92 Å². The Balaban J connectivity index is 1.44. The Kier molecular flexibility index (Phi) is 5.77. The summed E-state index contributed by atoms with van der Waals surface area (Å²) in [5.41, 5.74) is -0.939. The second kappa shape index (κ2) is 8.33. The predicted octanol–water partition coefficient (Wildman–Crippen LogP) is 1.93. The van der Waals surface area contributed by atoms with E-state index in [1.807, 2.05) is 6.92 Å². The molecule has 0 radical (unpaired) electrons. The van der Waals surface area contributed by atoms with Gasteiger partial charge in [0.2, 0.25) is 5.91 Å². The van der Waals surface area contributed by atoms with Crippen molar-refractivity contribution < 1.29 is 23.6 Å². The first kappa shape index (κ1) is 20.8. The van der Waals surface area contributed by atoms with Crippen molar-refractivity contribution in [3.63, 3.8) is 0 Å². The van der Waals surface area contributed by atoms with Gasteiger partial charge in [-0.15, -0.1) is 0 Å². The van der Waals surface area contributed by atoms with Crippen LogP contribution >= 0.6 is 11.8 Å². The molecule has 3 aliphatic heterocycles. The third kappa shape index (κ3) is 3.68. The standard InChI is InChI=1S/C20H26N4O5S/c1-2-7-20(17(26)24(18(27)22-20)11-14-4-3-10-29-14)13-5-8-23(9-6-13)16(25)15-12-30-19(28)21-15/h3-4,10,13,15H,2,5-9,11-12H2,1H3,(H,21,28)(H,22,27)/t15-,20?/m0/s1. The zero-order chi connectivity index (χ0) is 21.3. The molecule has 1 unspecified atom stereocenters. The van der Waals surface area contributed by atoms with Crippen LogP contribution in [0.15, 0.2) is 22.8 Å². The molecular weight excluding hydrogens is 408 g/mol. The highest BCUT2D eigenvalue weighted by Crippen LogP contribution is 2.37. The molecule has 5 amide bonds. The number of nitrogens with one attached hydrogen (secondary N) is 2. The zero-order valence-corrected chi connectivity index (χ0v) is 17.7. The molecule has 3 fully saturated rings. The van der Waals surface area contributed by atoms with Crippen LogP contribution in [0.4, 0.5) is 9.59 Å². The number of hydrogen-bond acceptors (Lipinski definition) is 6. The van der Waals surface area contributed by atoms with E-state index in [-0.39, 0.29) is 29.5 Å². The number of carbonyl (C=O) groups is 4. The highest BCUT2D eigenvalue weighted by molar-refractivity contribution is 8.14. The van der Waals surface area contributed by atoms with E-state index in [0.29, 0.717) is 43.9 Å². The van der Waals surface area contributed by atoms with E-state index in [1.165, 1.54) is 11.2 Å². The van der Waals surface area contributed by atoms with Crippen molar-refractivity contribution in [3.05, 3.63) is 24.2 Å². The van der Waals surface area contributed by atoms with E-state index in [4.69, 9.17) is 4.42 Å². The molecule has 2 atom stereocenters. The molecule has 162 valence electrons. The Labute approximate surface area is 178 Å². The summed E-state index contributed by atoms with van der Waals surface area (Å²) in [6.07, 6.45) is 4.08. The summed E-state index contributed by atoms with van der Waals surface area (Å²) in [4.78, 5) is 53.1. The molecule has 4 heterocycles. The molecule has 0 aromatic carbocycles. The Morgan fingerprint density at radius 3 is 2.67 bits per heavy atom. The maximum atomic E-state index is 13.4. The van der Waals surface area contributed by atoms with Crippen molar-refractivity contribution in [3.8, 4) is 0 Å². The van der Waals surface area contributed by atoms with Crippen LogP contribution in [0.5, 0.6) is 0 Å². The first-order chi connectivity index (χ1) is 14.4. The van der Waals surface area contributed by atoms with Crippen molar-refractivity contribution in [2.75, 3.05) is 18.8 Å². The lowest BCUT2D eigenvalue weighted by Gasteiger charge is -2.41. The van der Waals surface area contributed by atoms with Crippen LogP contribution in [0.25, 0.3) is 0 Å². The summed E-state index contributed by atoms with van der Waals surface area (Å²) in [7, 11) is 0. The second-order valence-corrected chi connectivity index (χ2v) is 9.01. The topological polar surface area (TPSA) is 112 Å². The van der Waals surface area contributed by atoms with Crippen LogP contribution in [-0.4, -0.2) is 63.3 Å². The molecule has 0 aliphatic carbocycles. The summed E-state index contributed by atoms with van der Waals surface area (Å²) >= 11 is 1.12. The first-order valence-electron chi connectivity index (χ1n) is 10.3. The maximum absolute atomic E-state index is 13.4. The molecule has 3 saturated heterocycles. The van der Waals surface area contributed by atoms with Crippen LogP contribution in [0, 0.1) is 5.92 Å². The molecule has 9 nitrogen and oxygen atoms in total. The van der Waals surface area contributed by atoms with Crippen LogP contribution in [0.3, 0.4) is 0 Å². The average Bonchev–Trinajstić information content (AvgIpc) is 3.46. The number of nitrogens with zero attached hydrogens (tertiary/aromatic N) is 2. The smallest absolute Gasteiger partial charge is 0.325 e. The largest absolute Gasteiger partial charge is 0.467 e. The lowest BCUT2D eigenvalue weighted by Crippen LogP contribution is -2.57. The number of furan rings is 1. The van der Waals surface area contributed by atoms with Gasteiger partial charge in [0.25, 0.3) is 11.1 Å². The minimum atomic E-state index is -0.939. The molecule has 4 rings (SSSR count). The van der Waals surface area contributed by atoms with Crippen LogP contribution in [0.1, 0.15) is 38.4 Å². The van der Waals surface area contributed by atoms with E-state index in [0.717, 1.165) is 18.2 Å². The molecule has 0 bridgehead atoms. The summed E-state index contributed by atoms with van der Waals surface area (Å²) in [5.74, 6) is 0.676. The number of likely N-dealkylation sites (tertiary alicyclic amines) is 1. The normalized spacial score (nSPS) is 27.5. The predicted molar refractivity (Wildman–Crippen MR) is 110 cm³/mol. The summed E-state index contributed by atoms with van der Waals surface area (Å²) in [6, 6.07) is 2.60. The Morgan fingerprint density at radius 1 is 1.30 bits per heavy atom. The molecule has 3 aliphatic rings. The van der Waals surface area contributed by atoms with E-state index in [2.05, 4.69) is 10.6 Å². The van der Waals surface area contributed by atoms with Gasteiger partial charge in [0.15, 0.2) is 0 Å². The molecule has 2 N–H and O–H groups in total. The van der Waals surface area contributed by atoms with E-state index in [9.17, 15) is 19.2 Å². The molecule has 0 saturated carbocycles. The van der Waals surface area contributed by atoms with Crippen LogP contribution < -0.4 is 10.6 Å². The van der Waals surface area contributed by atoms with Gasteiger partial charge >= 0.3 is 6.03 Å². The molecular formula is C20H26N4O5S. The number of amides is 5. The molecule has 30 heavy (non-hydrogen) atoms. The SMILES string of the molecule is CCCC1(C2CCN(C(=O)[C@@H]3CSC(=O)N3)CC2)NC(=O)N(Cc2ccco2)C1=O. The Morgan fingerprint density at radius 2 is 2.07 bits per heavy atom. The average molecular weight is 435 g/mol. The Bertz CT molecular complexity index is 836. The minimum Gasteiger partial charge on any atom is -0.467 e. The second-order valence-electron chi connectivity index (χ2n) is 8.02. The van der Waals surface area contributed by atoms with Gasteiger partial charge in [0.05, 0.1) is 12.8 Å². The quantitative estimate of drug-likeness (QED) is 0.662. The minimum absolute atomic E-state index is 0.0490. The summed E-state index contributed by atoms with van der Waals surface area (Å²) in [5, 5.41) is 5.51. The van der Waals surface area contributed by atoms with Gasteiger partial charge in [-0.2, -0.15) is 0 Å². The van der Waals surface area contributed by atoms with Crippen molar-refractivity contribution in [2.45, 2.75) is 50.7 Å². The highest BCUT2D eigenvalue weighted by atomic mass is 32.2. The number of hydrogen-bond donors (Lipinski definition) is 2. The van der Waals surface area contributed by atoms with Gasteiger partial charge in [0.1, 0.15) is 17.3 Å². The van der Waals surface area contributed by atoms with Crippen LogP contribution in [0.2, 0.25) is 0 Å². The number of rotatable bonds is 6. The van der Waals surface area contributed by atoms with Gasteiger partial charge in [0, 0.05) is 18.8 Å². The summed E-state index contributed by atoms with van der Waals surface area (Å²) in [6.45, 7) is 3.12. The Hall–Kier alpha value is -2.49. The van der Waals surface area contributed by atoms with Crippen molar-refractivity contribution >= 4 is 34.8 Å². The third-order valence-corrected chi connectivity index (χ3v) is 7.10. The number of piperidine rings is 1. The number of urea groups is 1. The zero-order valence-electron chi connectivity index (χ0n) is 16.9. The van der Waals surface area contributed by atoms with Gasteiger partial charge in [-0.05, 0) is 37.3 Å². The fourth-order valence-corrected chi connectivity index (χ4v) is 5.49. The number of thioether (sulfide) groups is 1. The van der Waals surface area contributed by atoms with E-state index < -0.39 is 17.6 Å². The fourth-order valence-electron chi connectivity index (χ4n) is 4.72. The lowest BCUT2D eigenvalue weighted by molar-refractivity contribution is -0.137. The van der Waals surface area contributed by atoms with E-state index >= 15 is 0 Å². The number of carbonyl (C=O) groups excluding carboxylic acids is 4. The third-order valence-electron chi connectivity index (χ3n) is 6.22. The van der Waals surface area contributed by atoms with Crippen molar-refractivity contribution in [1.29, 1.82) is 0 Å². The number of imide groups is 1. The maximum Gasteiger partial charge on any atom is 0.325 e. The molecule has 1 aromatic heterocycles. The molecule has 10 heteroatoms. The van der Waals surface area contributed by atoms with E-state index in [1.54, 1.807) is 17.0 Å². The van der Waals surface area contributed by atoms with Gasteiger partial charge in [-0.3, -0.25) is 19.3 Å². The highest BCUT2D eigenvalue weighted by Gasteiger charge is 2.55. The van der Waals surface area contributed by atoms with Crippen LogP contribution in [-0.2, 0) is 16.1 Å². The monoisotopic (exact) mass is 434 g/mol. The summed E-state index contributed by atoms with van der Waals surface area (Å²) < 4.78 is 5.31. The molecule has 1 aromatic rings. The van der Waals surface area contributed by atoms with Crippen molar-refractivity contribution in [1.82, 2.24) is 20.4 Å². The fraction of sp³-hybridized carbons (Fsp3) is 0.600. The van der Waals surface area contributed by atoms with Gasteiger partial charge in [-0.1, -0.05) is 25.1 Å². The first-order valence-corrected chi connectivity index (χ1v) is 11.3. The van der Waals surface area contributed by atoms with Gasteiger partial charge < -0.3 is 20.0 Å².